The van der Waals surface area contributed by atoms with Gasteiger partial charge in [0.2, 0.25) is 5.52 Å². The van der Waals surface area contributed by atoms with Gasteiger partial charge in [0, 0.05) is 12.1 Å². The Labute approximate surface area is 164 Å². The van der Waals surface area contributed by atoms with E-state index in [-0.39, 0.29) is 28.3 Å². The van der Waals surface area contributed by atoms with Crippen molar-refractivity contribution in [1.29, 1.82) is 0 Å². The maximum absolute atomic E-state index is 11.2. The minimum atomic E-state index is -0.479. The third kappa shape index (κ3) is 3.12. The summed E-state index contributed by atoms with van der Waals surface area (Å²) < 4.78 is 4.79. The van der Waals surface area contributed by atoms with Crippen LogP contribution in [0.4, 0.5) is 11.4 Å². The normalized spacial score (nSPS) is 19.8. The van der Waals surface area contributed by atoms with Crippen molar-refractivity contribution in [3.05, 3.63) is 22.2 Å². The Hall–Kier alpha value is -2.26. The van der Waals surface area contributed by atoms with E-state index in [0.717, 1.165) is 38.5 Å². The molecule has 1 aliphatic rings. The van der Waals surface area contributed by atoms with Crippen LogP contribution in [0.5, 0.6) is 0 Å². The van der Waals surface area contributed by atoms with Crippen LogP contribution in [0.15, 0.2) is 16.8 Å². The first-order valence-corrected chi connectivity index (χ1v) is 10.0. The first kappa shape index (κ1) is 20.5. The monoisotopic (exact) mass is 392 g/mol. The number of non-ortho nitro benzene ring substituents is 1. The van der Waals surface area contributed by atoms with Gasteiger partial charge in [-0.05, 0) is 54.9 Å². The van der Waals surface area contributed by atoms with Crippen molar-refractivity contribution in [2.24, 2.45) is 0 Å². The summed E-state index contributed by atoms with van der Waals surface area (Å²) in [6.45, 7) is 8.59. The summed E-state index contributed by atoms with van der Waals surface area (Å²) in [5.74, 6) is 0. The van der Waals surface area contributed by atoms with Gasteiger partial charge < -0.3 is 10.5 Å². The van der Waals surface area contributed by atoms with Crippen molar-refractivity contribution in [1.82, 2.24) is 15.4 Å². The molecule has 0 amide bonds. The van der Waals surface area contributed by atoms with E-state index >= 15 is 0 Å². The molecule has 0 aliphatic carbocycles. The van der Waals surface area contributed by atoms with E-state index in [1.807, 2.05) is 5.06 Å². The number of aromatic nitrogens is 2. The molecule has 1 aliphatic heterocycles. The number of hydrogen-bond donors (Lipinski definition) is 1. The molecule has 1 fully saturated rings. The van der Waals surface area contributed by atoms with E-state index < -0.39 is 4.92 Å². The number of fused-ring (bicyclic) bond motifs is 1. The highest BCUT2D eigenvalue weighted by Crippen LogP contribution is 2.45. The predicted molar refractivity (Wildman–Crippen MR) is 107 cm³/mol. The summed E-state index contributed by atoms with van der Waals surface area (Å²) in [5.41, 5.74) is 0.693. The lowest BCUT2D eigenvalue weighted by Crippen LogP contribution is -2.65. The minimum absolute atomic E-state index is 0.115. The fraction of sp³-hybridized carbons (Fsp3) is 0.684. The number of benzene rings is 1. The summed E-state index contributed by atoms with van der Waals surface area (Å²) in [6.07, 6.45) is 5.24. The van der Waals surface area contributed by atoms with Crippen LogP contribution in [0, 0.1) is 10.1 Å². The van der Waals surface area contributed by atoms with Gasteiger partial charge in [-0.1, -0.05) is 32.8 Å². The maximum atomic E-state index is 11.2. The van der Waals surface area contributed by atoms with Gasteiger partial charge >= 0.3 is 5.69 Å². The second-order valence-electron chi connectivity index (χ2n) is 7.80. The maximum Gasteiger partial charge on any atom is 0.300 e. The smallest absolute Gasteiger partial charge is 0.300 e. The van der Waals surface area contributed by atoms with E-state index in [1.165, 1.54) is 6.07 Å². The average Bonchev–Trinajstić information content (AvgIpc) is 3.19. The molecule has 2 heterocycles. The lowest BCUT2D eigenvalue weighted by atomic mass is 9.71. The number of nitro groups is 1. The largest absolute Gasteiger partial charge is 0.380 e. The van der Waals surface area contributed by atoms with Crippen LogP contribution in [0.2, 0.25) is 0 Å². The number of nitrogens with zero attached hydrogens (tertiary/aromatic N) is 4. The molecule has 0 unspecified atom stereocenters. The topological polar surface area (TPSA) is 120 Å². The third-order valence-corrected chi connectivity index (χ3v) is 6.78. The molecule has 1 aromatic heterocycles. The van der Waals surface area contributed by atoms with Crippen molar-refractivity contribution < 1.29 is 14.8 Å². The van der Waals surface area contributed by atoms with Crippen molar-refractivity contribution in [2.75, 3.05) is 5.32 Å². The predicted octanol–water partition coefficient (Wildman–Crippen LogP) is 3.76. The van der Waals surface area contributed by atoms with Crippen LogP contribution in [-0.2, 0) is 0 Å². The van der Waals surface area contributed by atoms with Crippen molar-refractivity contribution in [3.8, 4) is 0 Å². The van der Waals surface area contributed by atoms with E-state index in [9.17, 15) is 10.1 Å². The van der Waals surface area contributed by atoms with Crippen LogP contribution in [0.25, 0.3) is 11.0 Å². The Morgan fingerprint density at radius 2 is 1.68 bits per heavy atom. The standard InChI is InChI=1S/C19H29N5O4/c1-5-18(6-2)11-13(12-19(7-3,8-4)24(18)27)20-14-9-10-15(23(25)26)17-16(14)21-28-22-17/h9-10,13,20,27H,5-8,11-12H2,1-4H3/p+1. The zero-order chi connectivity index (χ0) is 20.5. The van der Waals surface area contributed by atoms with Crippen LogP contribution < -0.4 is 5.32 Å². The number of hydrogen-bond acceptors (Lipinski definition) is 7. The van der Waals surface area contributed by atoms with Crippen molar-refractivity contribution in [3.63, 3.8) is 0 Å². The van der Waals surface area contributed by atoms with E-state index in [1.54, 1.807) is 6.07 Å². The van der Waals surface area contributed by atoms with Crippen LogP contribution >= 0.6 is 0 Å². The molecule has 1 aromatic carbocycles. The van der Waals surface area contributed by atoms with E-state index in [0.29, 0.717) is 11.2 Å². The summed E-state index contributed by atoms with van der Waals surface area (Å²) in [7, 11) is 0. The average molecular weight is 392 g/mol. The molecule has 0 spiro atoms. The Kier molecular flexibility index (Phi) is 5.58. The Balaban J connectivity index is 1.98. The first-order valence-electron chi connectivity index (χ1n) is 10.0. The SMILES string of the molecule is CCC1(CC)CC(Nc2ccc([N+](=O)[O-])c3nonc23)CC(CC)(CC)N1[OH2+]. The number of anilines is 1. The van der Waals surface area contributed by atoms with Gasteiger partial charge in [0.25, 0.3) is 0 Å². The molecule has 1 saturated heterocycles. The number of piperidine rings is 1. The second kappa shape index (κ2) is 7.63. The molecule has 9 nitrogen and oxygen atoms in total. The third-order valence-electron chi connectivity index (χ3n) is 6.78. The van der Waals surface area contributed by atoms with Gasteiger partial charge in [-0.15, -0.1) is 0 Å². The molecule has 3 N–H and O–H groups in total. The fourth-order valence-corrected chi connectivity index (χ4v) is 4.82. The molecular formula is C19H30N5O4+. The lowest BCUT2D eigenvalue weighted by Gasteiger charge is -2.53. The number of hydroxylamine groups is 2. The van der Waals surface area contributed by atoms with Crippen LogP contribution in [0.3, 0.4) is 0 Å². The zero-order valence-electron chi connectivity index (χ0n) is 17.0. The molecule has 0 atom stereocenters. The molecule has 0 radical (unpaired) electrons. The van der Waals surface area contributed by atoms with Crippen LogP contribution in [-0.4, -0.2) is 42.6 Å². The lowest BCUT2D eigenvalue weighted by molar-refractivity contribution is -0.383. The Morgan fingerprint density at radius 3 is 2.18 bits per heavy atom. The van der Waals surface area contributed by atoms with Crippen molar-refractivity contribution >= 4 is 22.4 Å². The summed E-state index contributed by atoms with van der Waals surface area (Å²) in [5, 5.41) is 33.2. The molecule has 2 aromatic rings. The quantitative estimate of drug-likeness (QED) is 0.432. The zero-order valence-corrected chi connectivity index (χ0v) is 17.0. The summed E-state index contributed by atoms with van der Waals surface area (Å²) in [4.78, 5) is 10.7. The number of nitro benzene ring substituents is 1. The fourth-order valence-electron chi connectivity index (χ4n) is 4.82. The van der Waals surface area contributed by atoms with Crippen LogP contribution in [0.1, 0.15) is 66.2 Å². The van der Waals surface area contributed by atoms with E-state index in [2.05, 4.69) is 43.3 Å². The highest BCUT2D eigenvalue weighted by Gasteiger charge is 2.54. The summed E-state index contributed by atoms with van der Waals surface area (Å²) >= 11 is 0. The van der Waals surface area contributed by atoms with Gasteiger partial charge in [-0.3, -0.25) is 10.1 Å². The molecule has 3 rings (SSSR count). The van der Waals surface area contributed by atoms with Crippen molar-refractivity contribution in [2.45, 2.75) is 83.3 Å². The molecule has 0 bridgehead atoms. The highest BCUT2D eigenvalue weighted by atomic mass is 16.6. The summed E-state index contributed by atoms with van der Waals surface area (Å²) in [6, 6.07) is 3.24. The van der Waals surface area contributed by atoms with Gasteiger partial charge in [-0.2, -0.15) is 0 Å². The van der Waals surface area contributed by atoms with Gasteiger partial charge in [0.15, 0.2) is 5.52 Å². The number of rotatable bonds is 7. The molecule has 0 saturated carbocycles. The molecule has 154 valence electrons. The Morgan fingerprint density at radius 1 is 1.14 bits per heavy atom. The van der Waals surface area contributed by atoms with Gasteiger partial charge in [-0.25, -0.2) is 4.63 Å². The first-order chi connectivity index (χ1) is 13.4. The highest BCUT2D eigenvalue weighted by molar-refractivity contribution is 5.93. The molecule has 28 heavy (non-hydrogen) atoms. The van der Waals surface area contributed by atoms with E-state index in [4.69, 9.17) is 9.84 Å². The number of nitrogens with one attached hydrogen (secondary N) is 1. The molecule has 9 heteroatoms. The molecular weight excluding hydrogens is 362 g/mol. The second-order valence-corrected chi connectivity index (χ2v) is 7.80. The minimum Gasteiger partial charge on any atom is -0.380 e. The Bertz CT molecular complexity index is 822. The van der Waals surface area contributed by atoms with Gasteiger partial charge in [0.1, 0.15) is 0 Å². The van der Waals surface area contributed by atoms with Gasteiger partial charge in [0.05, 0.1) is 21.7 Å².